The van der Waals surface area contributed by atoms with Crippen LogP contribution in [0.2, 0.25) is 0 Å². The summed E-state index contributed by atoms with van der Waals surface area (Å²) in [6.07, 6.45) is 3.46. The Balaban J connectivity index is 1.29. The quantitative estimate of drug-likeness (QED) is 0.254. The van der Waals surface area contributed by atoms with Gasteiger partial charge in [0.1, 0.15) is 5.82 Å². The van der Waals surface area contributed by atoms with Gasteiger partial charge in [0.25, 0.3) is 0 Å². The molecule has 0 saturated carbocycles. The Kier molecular flexibility index (Phi) is 8.51. The highest BCUT2D eigenvalue weighted by Gasteiger charge is 2.31. The number of carbonyl (C=O) groups is 2. The Morgan fingerprint density at radius 3 is 2.21 bits per heavy atom. The van der Waals surface area contributed by atoms with Crippen LogP contribution in [-0.2, 0) is 11.3 Å². The van der Waals surface area contributed by atoms with E-state index in [0.29, 0.717) is 31.9 Å². The lowest BCUT2D eigenvalue weighted by atomic mass is 10.0. The topological polar surface area (TPSA) is 179 Å². The average molecular weight is 539 g/mol. The molecule has 0 atom stereocenters. The van der Waals surface area contributed by atoms with Crippen molar-refractivity contribution < 1.29 is 9.59 Å². The molecule has 0 bridgehead atoms. The third-order valence-corrected chi connectivity index (χ3v) is 7.01. The third kappa shape index (κ3) is 7.33. The van der Waals surface area contributed by atoms with Gasteiger partial charge in [-0.05, 0) is 50.5 Å². The molecule has 1 aromatic carbocycles. The third-order valence-electron chi connectivity index (χ3n) is 7.01. The molecule has 2 saturated heterocycles. The van der Waals surface area contributed by atoms with Gasteiger partial charge in [-0.3, -0.25) is 25.0 Å². The molecule has 7 N–H and O–H groups in total. The fourth-order valence-electron chi connectivity index (χ4n) is 4.85. The lowest BCUT2D eigenvalue weighted by Gasteiger charge is -2.37. The Hall–Kier alpha value is -3.97. The number of piperidine rings is 1. The second kappa shape index (κ2) is 11.8. The predicted molar refractivity (Wildman–Crippen MR) is 149 cm³/mol. The molecule has 2 fully saturated rings. The molecular formula is C26H38N10O3. The first-order chi connectivity index (χ1) is 18.5. The first-order valence-electron chi connectivity index (χ1n) is 13.2. The number of hydrogen-bond acceptors (Lipinski definition) is 7. The highest BCUT2D eigenvalue weighted by Crippen LogP contribution is 2.16. The van der Waals surface area contributed by atoms with Crippen molar-refractivity contribution in [2.45, 2.75) is 44.8 Å². The van der Waals surface area contributed by atoms with E-state index in [4.69, 9.17) is 16.9 Å². The predicted octanol–water partition coefficient (Wildman–Crippen LogP) is 0.0934. The Morgan fingerprint density at radius 2 is 1.64 bits per heavy atom. The number of rotatable bonds is 6. The second-order valence-corrected chi connectivity index (χ2v) is 10.7. The van der Waals surface area contributed by atoms with E-state index in [0.717, 1.165) is 38.0 Å². The first-order valence-corrected chi connectivity index (χ1v) is 13.2. The number of piperazine rings is 1. The number of hydrogen-bond donors (Lipinski definition) is 5. The average Bonchev–Trinajstić information content (AvgIpc) is 2.89. The number of guanidine groups is 1. The summed E-state index contributed by atoms with van der Waals surface area (Å²) in [5.41, 5.74) is 11.7. The van der Waals surface area contributed by atoms with E-state index in [1.807, 2.05) is 24.3 Å². The number of anilines is 1. The van der Waals surface area contributed by atoms with Crippen LogP contribution in [0.3, 0.4) is 0 Å². The van der Waals surface area contributed by atoms with Crippen molar-refractivity contribution in [2.75, 3.05) is 44.6 Å². The van der Waals surface area contributed by atoms with Crippen LogP contribution in [0.15, 0.2) is 41.3 Å². The molecule has 13 nitrogen and oxygen atoms in total. The molecule has 4 rings (SSSR count). The summed E-state index contributed by atoms with van der Waals surface area (Å²) in [6.45, 7) is 7.50. The summed E-state index contributed by atoms with van der Waals surface area (Å²) in [7, 11) is 0. The van der Waals surface area contributed by atoms with E-state index in [1.54, 1.807) is 35.9 Å². The van der Waals surface area contributed by atoms with E-state index in [-0.39, 0.29) is 29.8 Å². The Labute approximate surface area is 227 Å². The van der Waals surface area contributed by atoms with Crippen LogP contribution in [0.5, 0.6) is 0 Å². The van der Waals surface area contributed by atoms with Crippen molar-refractivity contribution in [1.82, 2.24) is 29.6 Å². The zero-order valence-electron chi connectivity index (χ0n) is 22.5. The van der Waals surface area contributed by atoms with Crippen molar-refractivity contribution in [2.24, 2.45) is 11.5 Å². The zero-order valence-corrected chi connectivity index (χ0v) is 22.5. The molecule has 1 aromatic heterocycles. The SMILES string of the molecule is CC(C)(N)C(=O)N1CCN(C(=O)Nc2ccn(-c3ccc(CN4CCC(NC(=N)N)CC4)cc3)c(=O)n2)CC1. The second-order valence-electron chi connectivity index (χ2n) is 10.7. The maximum atomic E-state index is 12.7. The Bertz CT molecular complexity index is 1240. The van der Waals surface area contributed by atoms with Crippen molar-refractivity contribution in [1.29, 1.82) is 5.41 Å². The minimum absolute atomic E-state index is 0.0179. The normalized spacial score (nSPS) is 17.1. The van der Waals surface area contributed by atoms with Crippen LogP contribution in [0.4, 0.5) is 10.6 Å². The lowest BCUT2D eigenvalue weighted by molar-refractivity contribution is -0.137. The molecule has 39 heavy (non-hydrogen) atoms. The van der Waals surface area contributed by atoms with Gasteiger partial charge in [-0.15, -0.1) is 0 Å². The Morgan fingerprint density at radius 1 is 1.03 bits per heavy atom. The molecule has 13 heteroatoms. The fraction of sp³-hybridized carbons (Fsp3) is 0.500. The highest BCUT2D eigenvalue weighted by atomic mass is 16.2. The minimum atomic E-state index is -0.953. The van der Waals surface area contributed by atoms with Crippen molar-refractivity contribution in [3.63, 3.8) is 0 Å². The van der Waals surface area contributed by atoms with Crippen LogP contribution >= 0.6 is 0 Å². The van der Waals surface area contributed by atoms with Gasteiger partial charge in [-0.2, -0.15) is 4.98 Å². The van der Waals surface area contributed by atoms with E-state index in [1.165, 1.54) is 4.57 Å². The monoisotopic (exact) mass is 538 g/mol. The molecule has 210 valence electrons. The maximum Gasteiger partial charge on any atom is 0.354 e. The number of nitrogens with zero attached hydrogens (tertiary/aromatic N) is 5. The number of likely N-dealkylation sites (tertiary alicyclic amines) is 1. The van der Waals surface area contributed by atoms with E-state index >= 15 is 0 Å². The molecule has 0 radical (unpaired) electrons. The first kappa shape index (κ1) is 28.0. The lowest BCUT2D eigenvalue weighted by Crippen LogP contribution is -2.58. The van der Waals surface area contributed by atoms with Gasteiger partial charge in [0.15, 0.2) is 5.96 Å². The van der Waals surface area contributed by atoms with Crippen LogP contribution in [0.25, 0.3) is 5.69 Å². The van der Waals surface area contributed by atoms with Gasteiger partial charge in [0.2, 0.25) is 5.91 Å². The molecule has 3 amide bonds. The molecule has 3 heterocycles. The summed E-state index contributed by atoms with van der Waals surface area (Å²) in [5, 5.41) is 13.0. The standard InChI is InChI=1S/C26H38N10O3/c1-26(2,29)22(37)34-13-15-35(16-14-34)24(38)31-21-9-12-36(25(39)32-21)20-5-3-18(4-6-20)17-33-10-7-19(8-11-33)30-23(27)28/h3-6,9,12,19H,7-8,10-11,13-17,29H2,1-2H3,(H4,27,28,30)(H,31,32,38,39). The van der Waals surface area contributed by atoms with Gasteiger partial charge >= 0.3 is 11.7 Å². The van der Waals surface area contributed by atoms with Gasteiger partial charge in [0.05, 0.1) is 11.2 Å². The largest absolute Gasteiger partial charge is 0.370 e. The number of nitrogens with one attached hydrogen (secondary N) is 3. The van der Waals surface area contributed by atoms with E-state index < -0.39 is 11.2 Å². The maximum absolute atomic E-state index is 12.7. The summed E-state index contributed by atoms with van der Waals surface area (Å²) in [5.74, 6) is 0.0376. The van der Waals surface area contributed by atoms with Gasteiger partial charge in [-0.25, -0.2) is 9.59 Å². The van der Waals surface area contributed by atoms with Crippen LogP contribution in [0, 0.1) is 5.41 Å². The highest BCUT2D eigenvalue weighted by molar-refractivity contribution is 5.89. The molecule has 2 aliphatic heterocycles. The summed E-state index contributed by atoms with van der Waals surface area (Å²) < 4.78 is 1.43. The number of amides is 3. The molecule has 0 spiro atoms. The zero-order chi connectivity index (χ0) is 28.2. The van der Waals surface area contributed by atoms with Crippen molar-refractivity contribution in [3.8, 4) is 5.69 Å². The molecular weight excluding hydrogens is 500 g/mol. The number of urea groups is 1. The summed E-state index contributed by atoms with van der Waals surface area (Å²) in [4.78, 5) is 47.4. The van der Waals surface area contributed by atoms with Crippen LogP contribution in [-0.4, -0.2) is 93.0 Å². The molecule has 2 aliphatic rings. The fourth-order valence-corrected chi connectivity index (χ4v) is 4.85. The summed E-state index contributed by atoms with van der Waals surface area (Å²) in [6, 6.07) is 9.21. The van der Waals surface area contributed by atoms with E-state index in [9.17, 15) is 14.4 Å². The van der Waals surface area contributed by atoms with Crippen LogP contribution < -0.4 is 27.8 Å². The van der Waals surface area contributed by atoms with Gasteiger partial charge in [0, 0.05) is 58.1 Å². The molecule has 0 aliphatic carbocycles. The smallest absolute Gasteiger partial charge is 0.354 e. The van der Waals surface area contributed by atoms with Gasteiger partial charge in [-0.1, -0.05) is 12.1 Å². The van der Waals surface area contributed by atoms with Crippen molar-refractivity contribution in [3.05, 3.63) is 52.6 Å². The van der Waals surface area contributed by atoms with Crippen LogP contribution in [0.1, 0.15) is 32.3 Å². The number of carbonyl (C=O) groups excluding carboxylic acids is 2. The molecule has 2 aromatic rings. The number of nitrogens with two attached hydrogens (primary N) is 2. The molecule has 0 unspecified atom stereocenters. The van der Waals surface area contributed by atoms with Crippen molar-refractivity contribution >= 4 is 23.7 Å². The number of benzene rings is 1. The van der Waals surface area contributed by atoms with Gasteiger partial charge < -0.3 is 26.6 Å². The summed E-state index contributed by atoms with van der Waals surface area (Å²) >= 11 is 0. The number of aromatic nitrogens is 2. The van der Waals surface area contributed by atoms with E-state index in [2.05, 4.69) is 20.5 Å². The minimum Gasteiger partial charge on any atom is -0.370 e.